The zero-order valence-electron chi connectivity index (χ0n) is 18.0. The van der Waals surface area contributed by atoms with E-state index < -0.39 is 16.1 Å². The Morgan fingerprint density at radius 1 is 1.13 bits per heavy atom. The summed E-state index contributed by atoms with van der Waals surface area (Å²) in [6.45, 7) is 3.88. The maximum Gasteiger partial charge on any atom is 0.261 e. The first-order chi connectivity index (χ1) is 14.2. The van der Waals surface area contributed by atoms with E-state index in [1.807, 2.05) is 13.8 Å². The number of benzene rings is 2. The van der Waals surface area contributed by atoms with Crippen molar-refractivity contribution in [2.45, 2.75) is 51.7 Å². The summed E-state index contributed by atoms with van der Waals surface area (Å²) in [5, 5.41) is 3.06. The van der Waals surface area contributed by atoms with Gasteiger partial charge in [0.05, 0.1) is 18.0 Å². The number of hydrogen-bond donors (Lipinski definition) is 1. The number of carbonyl (C=O) groups excluding carboxylic acids is 1. The van der Waals surface area contributed by atoms with Crippen LogP contribution in [0.5, 0.6) is 5.75 Å². The largest absolute Gasteiger partial charge is 0.481 e. The van der Waals surface area contributed by atoms with Crippen molar-refractivity contribution in [3.8, 4) is 5.75 Å². The number of hydrogen-bond acceptors (Lipinski definition) is 4. The zero-order chi connectivity index (χ0) is 21.9. The summed E-state index contributed by atoms with van der Waals surface area (Å²) in [4.78, 5) is 12.8. The van der Waals surface area contributed by atoms with Gasteiger partial charge in [0.25, 0.3) is 5.91 Å². The van der Waals surface area contributed by atoms with Gasteiger partial charge in [-0.05, 0) is 73.6 Å². The number of rotatable bonds is 8. The van der Waals surface area contributed by atoms with Crippen LogP contribution >= 0.6 is 0 Å². The van der Waals surface area contributed by atoms with Gasteiger partial charge in [-0.1, -0.05) is 25.1 Å². The molecule has 0 aliphatic heterocycles. The Bertz CT molecular complexity index is 1000. The highest BCUT2D eigenvalue weighted by atomic mass is 32.2. The number of ether oxygens (including phenoxy) is 1. The second-order valence-electron chi connectivity index (χ2n) is 7.85. The minimum Gasteiger partial charge on any atom is -0.481 e. The molecule has 1 N–H and O–H groups in total. The first-order valence-corrected chi connectivity index (χ1v) is 12.2. The van der Waals surface area contributed by atoms with Crippen LogP contribution < -0.4 is 14.4 Å². The molecule has 0 saturated heterocycles. The maximum absolute atomic E-state index is 12.8. The summed E-state index contributed by atoms with van der Waals surface area (Å²) in [5.41, 5.74) is 4.44. The highest BCUT2D eigenvalue weighted by Gasteiger charge is 2.22. The van der Waals surface area contributed by atoms with Crippen LogP contribution in [-0.2, 0) is 27.7 Å². The summed E-state index contributed by atoms with van der Waals surface area (Å²) < 4.78 is 30.4. The Morgan fingerprint density at radius 3 is 2.43 bits per heavy atom. The molecule has 2 atom stereocenters. The van der Waals surface area contributed by atoms with Gasteiger partial charge in [-0.15, -0.1) is 0 Å². The van der Waals surface area contributed by atoms with Gasteiger partial charge in [0.1, 0.15) is 5.75 Å². The number of carbonyl (C=O) groups is 1. The molecule has 0 heterocycles. The number of nitrogens with one attached hydrogen (secondary N) is 1. The monoisotopic (exact) mass is 430 g/mol. The van der Waals surface area contributed by atoms with Crippen molar-refractivity contribution in [2.75, 3.05) is 17.6 Å². The van der Waals surface area contributed by atoms with E-state index in [1.165, 1.54) is 28.9 Å². The molecule has 2 aromatic carbocycles. The normalized spacial score (nSPS) is 15.2. The van der Waals surface area contributed by atoms with E-state index in [0.29, 0.717) is 17.9 Å². The van der Waals surface area contributed by atoms with Crippen molar-refractivity contribution < 1.29 is 17.9 Å². The summed E-state index contributed by atoms with van der Waals surface area (Å²) in [6, 6.07) is 13.0. The second kappa shape index (κ2) is 9.08. The quantitative estimate of drug-likeness (QED) is 0.694. The topological polar surface area (TPSA) is 75.7 Å². The zero-order valence-corrected chi connectivity index (χ0v) is 18.8. The summed E-state index contributed by atoms with van der Waals surface area (Å²) >= 11 is 0. The van der Waals surface area contributed by atoms with Gasteiger partial charge in [0.15, 0.2) is 6.10 Å². The van der Waals surface area contributed by atoms with Crippen molar-refractivity contribution in [2.24, 2.45) is 0 Å². The molecule has 162 valence electrons. The molecule has 3 rings (SSSR count). The number of aryl methyl sites for hydroxylation is 2. The van der Waals surface area contributed by atoms with Crippen molar-refractivity contribution in [1.82, 2.24) is 5.32 Å². The fraction of sp³-hybridized carbons (Fsp3) is 0.435. The van der Waals surface area contributed by atoms with Gasteiger partial charge in [-0.2, -0.15) is 0 Å². The average molecular weight is 431 g/mol. The Morgan fingerprint density at radius 2 is 1.80 bits per heavy atom. The fourth-order valence-corrected chi connectivity index (χ4v) is 4.17. The molecule has 1 amide bonds. The minimum atomic E-state index is -3.33. The molecule has 30 heavy (non-hydrogen) atoms. The molecule has 0 spiro atoms. The van der Waals surface area contributed by atoms with Crippen LogP contribution in [-0.4, -0.2) is 33.7 Å². The third kappa shape index (κ3) is 5.14. The molecule has 1 aliphatic rings. The van der Waals surface area contributed by atoms with E-state index in [1.54, 1.807) is 24.3 Å². The molecular formula is C23H30N2O4S. The van der Waals surface area contributed by atoms with Crippen LogP contribution in [0.25, 0.3) is 0 Å². The van der Waals surface area contributed by atoms with Gasteiger partial charge < -0.3 is 10.1 Å². The van der Waals surface area contributed by atoms with Gasteiger partial charge in [0, 0.05) is 7.05 Å². The highest BCUT2D eigenvalue weighted by molar-refractivity contribution is 7.92. The lowest BCUT2D eigenvalue weighted by atomic mass is 10.0. The Kier molecular flexibility index (Phi) is 6.71. The van der Waals surface area contributed by atoms with Crippen LogP contribution in [0.1, 0.15) is 49.4 Å². The van der Waals surface area contributed by atoms with Gasteiger partial charge in [-0.25, -0.2) is 8.42 Å². The van der Waals surface area contributed by atoms with Gasteiger partial charge in [0.2, 0.25) is 10.0 Å². The SMILES string of the molecule is CCC(Oc1ccc(N(C)S(C)(=O)=O)cc1)C(=O)NC(C)c1ccc2c(c1)CCC2. The predicted molar refractivity (Wildman–Crippen MR) is 119 cm³/mol. The number of sulfonamides is 1. The average Bonchev–Trinajstić information content (AvgIpc) is 3.19. The van der Waals surface area contributed by atoms with E-state index in [-0.39, 0.29) is 11.9 Å². The molecule has 6 nitrogen and oxygen atoms in total. The molecule has 1 aliphatic carbocycles. The van der Waals surface area contributed by atoms with Crippen LogP contribution in [0.15, 0.2) is 42.5 Å². The maximum atomic E-state index is 12.8. The van der Waals surface area contributed by atoms with Crippen molar-refractivity contribution in [3.63, 3.8) is 0 Å². The first-order valence-electron chi connectivity index (χ1n) is 10.3. The predicted octanol–water partition coefficient (Wildman–Crippen LogP) is 3.61. The number of nitrogens with zero attached hydrogens (tertiary/aromatic N) is 1. The standard InChI is InChI=1S/C23H30N2O4S/c1-5-22(29-21-13-11-20(12-14-21)25(3)30(4,27)28)23(26)24-16(2)18-10-9-17-7-6-8-19(17)15-18/h9-16,22H,5-8H2,1-4H3,(H,24,26). The molecule has 0 radical (unpaired) electrons. The molecule has 0 aromatic heterocycles. The van der Waals surface area contributed by atoms with E-state index in [9.17, 15) is 13.2 Å². The Hall–Kier alpha value is -2.54. The lowest BCUT2D eigenvalue weighted by molar-refractivity contribution is -0.128. The number of fused-ring (bicyclic) bond motifs is 1. The smallest absolute Gasteiger partial charge is 0.261 e. The van der Waals surface area contributed by atoms with E-state index in [2.05, 4.69) is 23.5 Å². The van der Waals surface area contributed by atoms with Crippen LogP contribution in [0, 0.1) is 0 Å². The van der Waals surface area contributed by atoms with Gasteiger partial charge >= 0.3 is 0 Å². The molecule has 2 unspecified atom stereocenters. The highest BCUT2D eigenvalue weighted by Crippen LogP contribution is 2.26. The summed E-state index contributed by atoms with van der Waals surface area (Å²) in [5.74, 6) is 0.357. The Balaban J connectivity index is 1.63. The first kappa shape index (κ1) is 22.2. The minimum absolute atomic E-state index is 0.105. The third-order valence-corrected chi connectivity index (χ3v) is 6.83. The third-order valence-electron chi connectivity index (χ3n) is 5.62. The lowest BCUT2D eigenvalue weighted by Crippen LogP contribution is -2.39. The van der Waals surface area contributed by atoms with Crippen molar-refractivity contribution in [3.05, 3.63) is 59.2 Å². The number of anilines is 1. The van der Waals surface area contributed by atoms with E-state index in [0.717, 1.165) is 24.7 Å². The van der Waals surface area contributed by atoms with E-state index in [4.69, 9.17) is 4.74 Å². The molecule has 7 heteroatoms. The van der Waals surface area contributed by atoms with Crippen molar-refractivity contribution in [1.29, 1.82) is 0 Å². The number of amides is 1. The molecule has 0 saturated carbocycles. The summed E-state index contributed by atoms with van der Waals surface area (Å²) in [7, 11) is -1.83. The summed E-state index contributed by atoms with van der Waals surface area (Å²) in [6.07, 6.45) is 4.49. The second-order valence-corrected chi connectivity index (χ2v) is 9.86. The van der Waals surface area contributed by atoms with Crippen LogP contribution in [0.3, 0.4) is 0 Å². The molecule has 0 fully saturated rings. The Labute approximate surface area is 179 Å². The fourth-order valence-electron chi connectivity index (χ4n) is 3.66. The van der Waals surface area contributed by atoms with Crippen LogP contribution in [0.2, 0.25) is 0 Å². The van der Waals surface area contributed by atoms with Crippen molar-refractivity contribution >= 4 is 21.6 Å². The molecular weight excluding hydrogens is 400 g/mol. The lowest BCUT2D eigenvalue weighted by Gasteiger charge is -2.22. The van der Waals surface area contributed by atoms with E-state index >= 15 is 0 Å². The molecule has 2 aromatic rings. The van der Waals surface area contributed by atoms with Crippen LogP contribution in [0.4, 0.5) is 5.69 Å². The van der Waals surface area contributed by atoms with Gasteiger partial charge in [-0.3, -0.25) is 9.10 Å². The molecule has 0 bridgehead atoms.